The lowest BCUT2D eigenvalue weighted by Crippen LogP contribution is -2.05. The van der Waals surface area contributed by atoms with Crippen LogP contribution in [-0.2, 0) is 17.6 Å². The fourth-order valence-corrected chi connectivity index (χ4v) is 5.19. The van der Waals surface area contributed by atoms with Crippen LogP contribution in [0.5, 0.6) is 0 Å². The van der Waals surface area contributed by atoms with E-state index in [4.69, 9.17) is 10.1 Å². The molecule has 0 saturated carbocycles. The molecule has 31 heavy (non-hydrogen) atoms. The summed E-state index contributed by atoms with van der Waals surface area (Å²) in [5.41, 5.74) is 8.48. The van der Waals surface area contributed by atoms with Gasteiger partial charge in [-0.25, -0.2) is 9.67 Å². The normalized spacial score (nSPS) is 12.7. The van der Waals surface area contributed by atoms with Gasteiger partial charge in [-0.05, 0) is 56.9 Å². The zero-order chi connectivity index (χ0) is 21.5. The monoisotopic (exact) mass is 429 g/mol. The highest BCUT2D eigenvalue weighted by atomic mass is 32.1. The van der Waals surface area contributed by atoms with Crippen molar-refractivity contribution in [1.82, 2.24) is 19.7 Å². The lowest BCUT2D eigenvalue weighted by atomic mass is 10.0. The van der Waals surface area contributed by atoms with Gasteiger partial charge in [-0.15, -0.1) is 0 Å². The van der Waals surface area contributed by atoms with Crippen LogP contribution in [0.2, 0.25) is 0 Å². The molecule has 4 aromatic rings. The quantitative estimate of drug-likeness (QED) is 0.490. The summed E-state index contributed by atoms with van der Waals surface area (Å²) in [7, 11) is 0. The lowest BCUT2D eigenvalue weighted by molar-refractivity contribution is -0.114. The van der Waals surface area contributed by atoms with Crippen molar-refractivity contribution in [2.45, 2.75) is 40.0 Å². The molecule has 1 N–H and O–H groups in total. The number of carbonyl (C=O) groups is 1. The number of thiazole rings is 1. The minimum Gasteiger partial charge on any atom is -0.302 e. The van der Waals surface area contributed by atoms with Crippen molar-refractivity contribution in [3.8, 4) is 27.5 Å². The first-order valence-corrected chi connectivity index (χ1v) is 11.2. The number of nitrogens with one attached hydrogen (secondary N) is 1. The predicted molar refractivity (Wildman–Crippen MR) is 124 cm³/mol. The van der Waals surface area contributed by atoms with Crippen molar-refractivity contribution in [2.24, 2.45) is 0 Å². The Labute approximate surface area is 185 Å². The highest BCUT2D eigenvalue weighted by Crippen LogP contribution is 2.43. The second kappa shape index (κ2) is 7.74. The number of hydrogen-bond donors (Lipinski definition) is 1. The molecule has 0 atom stereocenters. The minimum atomic E-state index is -0.108. The number of hydrogen-bond acceptors (Lipinski definition) is 5. The topological polar surface area (TPSA) is 72.7 Å². The Morgan fingerprint density at radius 2 is 1.97 bits per heavy atom. The number of anilines is 1. The van der Waals surface area contributed by atoms with Crippen LogP contribution in [0.3, 0.4) is 0 Å². The standard InChI is InChI=1S/C24H23N5OS/c1-14-7-4-5-10-20(14)29-22-18(21(28-29)17-12-11-15(2)25-13-17)8-6-9-19-23(22)31-24(27-19)26-16(3)30/h4-5,7,10-13H,6,8-9H2,1-3H3,(H,26,27,30). The van der Waals surface area contributed by atoms with Gasteiger partial charge >= 0.3 is 0 Å². The number of benzene rings is 1. The maximum absolute atomic E-state index is 11.6. The third-order valence-corrected chi connectivity index (χ3v) is 6.57. The van der Waals surface area contributed by atoms with Gasteiger partial charge in [0.25, 0.3) is 0 Å². The van der Waals surface area contributed by atoms with E-state index in [1.807, 2.05) is 31.3 Å². The Hall–Kier alpha value is -3.32. The molecule has 7 heteroatoms. The van der Waals surface area contributed by atoms with E-state index in [0.29, 0.717) is 5.13 Å². The van der Waals surface area contributed by atoms with Crippen molar-refractivity contribution >= 4 is 22.4 Å². The van der Waals surface area contributed by atoms with Crippen molar-refractivity contribution in [3.05, 3.63) is 65.1 Å². The molecule has 1 aromatic carbocycles. The fourth-order valence-electron chi connectivity index (χ4n) is 4.08. The van der Waals surface area contributed by atoms with Gasteiger partial charge in [0.2, 0.25) is 5.91 Å². The Balaban J connectivity index is 1.78. The first-order chi connectivity index (χ1) is 15.0. The summed E-state index contributed by atoms with van der Waals surface area (Å²) in [6, 6.07) is 12.4. The van der Waals surface area contributed by atoms with Crippen LogP contribution in [0.15, 0.2) is 42.6 Å². The molecule has 5 rings (SSSR count). The third kappa shape index (κ3) is 3.55. The van der Waals surface area contributed by atoms with E-state index in [1.165, 1.54) is 23.8 Å². The Morgan fingerprint density at radius 1 is 1.13 bits per heavy atom. The maximum atomic E-state index is 11.6. The van der Waals surface area contributed by atoms with E-state index in [2.05, 4.69) is 40.1 Å². The van der Waals surface area contributed by atoms with E-state index >= 15 is 0 Å². The fraction of sp³-hybridized carbons (Fsp3) is 0.250. The van der Waals surface area contributed by atoms with Gasteiger partial charge in [0, 0.05) is 29.9 Å². The average Bonchev–Trinajstić information content (AvgIpc) is 3.25. The lowest BCUT2D eigenvalue weighted by Gasteiger charge is -2.10. The van der Waals surface area contributed by atoms with Crippen LogP contribution in [0, 0.1) is 13.8 Å². The minimum absolute atomic E-state index is 0.108. The molecule has 156 valence electrons. The van der Waals surface area contributed by atoms with Crippen LogP contribution < -0.4 is 5.32 Å². The molecule has 1 aliphatic rings. The number of carbonyl (C=O) groups excluding carboxylic acids is 1. The number of aryl methyl sites for hydroxylation is 3. The van der Waals surface area contributed by atoms with Gasteiger partial charge in [-0.1, -0.05) is 29.5 Å². The third-order valence-electron chi connectivity index (χ3n) is 5.55. The highest BCUT2D eigenvalue weighted by molar-refractivity contribution is 7.19. The van der Waals surface area contributed by atoms with Crippen LogP contribution in [0.1, 0.15) is 35.9 Å². The molecule has 3 heterocycles. The zero-order valence-corrected chi connectivity index (χ0v) is 18.6. The van der Waals surface area contributed by atoms with E-state index in [1.54, 1.807) is 0 Å². The molecule has 0 radical (unpaired) electrons. The van der Waals surface area contributed by atoms with E-state index in [9.17, 15) is 4.79 Å². The first kappa shape index (κ1) is 19.6. The summed E-state index contributed by atoms with van der Waals surface area (Å²) in [6.07, 6.45) is 4.68. The van der Waals surface area contributed by atoms with Crippen molar-refractivity contribution < 1.29 is 4.79 Å². The van der Waals surface area contributed by atoms with Gasteiger partial charge in [0.15, 0.2) is 5.13 Å². The van der Waals surface area contributed by atoms with Crippen LogP contribution in [0.25, 0.3) is 27.5 Å². The maximum Gasteiger partial charge on any atom is 0.223 e. The van der Waals surface area contributed by atoms with E-state index in [-0.39, 0.29) is 5.91 Å². The Morgan fingerprint density at radius 3 is 2.71 bits per heavy atom. The number of rotatable bonds is 3. The van der Waals surface area contributed by atoms with E-state index in [0.717, 1.165) is 63.7 Å². The molecule has 3 aromatic heterocycles. The molecule has 6 nitrogen and oxygen atoms in total. The number of fused-ring (bicyclic) bond motifs is 3. The summed E-state index contributed by atoms with van der Waals surface area (Å²) in [4.78, 5) is 21.9. The number of para-hydroxylation sites is 1. The first-order valence-electron chi connectivity index (χ1n) is 10.4. The summed E-state index contributed by atoms with van der Waals surface area (Å²) in [6.45, 7) is 5.60. The van der Waals surface area contributed by atoms with Gasteiger partial charge in [0.05, 0.1) is 27.6 Å². The second-order valence-electron chi connectivity index (χ2n) is 7.89. The predicted octanol–water partition coefficient (Wildman–Crippen LogP) is 5.12. The van der Waals surface area contributed by atoms with Crippen LogP contribution >= 0.6 is 11.3 Å². The molecule has 0 bridgehead atoms. The molecule has 0 spiro atoms. The smallest absolute Gasteiger partial charge is 0.223 e. The highest BCUT2D eigenvalue weighted by Gasteiger charge is 2.28. The summed E-state index contributed by atoms with van der Waals surface area (Å²) in [5.74, 6) is -0.108. The second-order valence-corrected chi connectivity index (χ2v) is 8.89. The largest absolute Gasteiger partial charge is 0.302 e. The molecule has 1 aliphatic carbocycles. The Bertz CT molecular complexity index is 1290. The van der Waals surface area contributed by atoms with Gasteiger partial charge < -0.3 is 5.32 Å². The summed E-state index contributed by atoms with van der Waals surface area (Å²) < 4.78 is 2.06. The van der Waals surface area contributed by atoms with Crippen LogP contribution in [-0.4, -0.2) is 25.7 Å². The molecular weight excluding hydrogens is 406 g/mol. The van der Waals surface area contributed by atoms with E-state index < -0.39 is 0 Å². The summed E-state index contributed by atoms with van der Waals surface area (Å²) in [5, 5.41) is 8.60. The number of nitrogens with zero attached hydrogens (tertiary/aromatic N) is 4. The zero-order valence-electron chi connectivity index (χ0n) is 17.8. The number of pyridine rings is 1. The average molecular weight is 430 g/mol. The van der Waals surface area contributed by atoms with Gasteiger partial charge in [-0.3, -0.25) is 9.78 Å². The molecule has 0 unspecified atom stereocenters. The van der Waals surface area contributed by atoms with Gasteiger partial charge in [0.1, 0.15) is 0 Å². The Kier molecular flexibility index (Phi) is 4.90. The van der Waals surface area contributed by atoms with Crippen molar-refractivity contribution in [2.75, 3.05) is 5.32 Å². The van der Waals surface area contributed by atoms with Gasteiger partial charge in [-0.2, -0.15) is 5.10 Å². The number of aromatic nitrogens is 4. The molecule has 0 aliphatic heterocycles. The van der Waals surface area contributed by atoms with Crippen LogP contribution in [0.4, 0.5) is 5.13 Å². The summed E-state index contributed by atoms with van der Waals surface area (Å²) >= 11 is 1.53. The molecular formula is C24H23N5OS. The molecule has 0 saturated heterocycles. The molecule has 0 fully saturated rings. The molecule has 1 amide bonds. The van der Waals surface area contributed by atoms with Crippen molar-refractivity contribution in [1.29, 1.82) is 0 Å². The van der Waals surface area contributed by atoms with Crippen molar-refractivity contribution in [3.63, 3.8) is 0 Å². The number of amides is 1. The SMILES string of the molecule is CC(=O)Nc1nc2c(s1)-c1c(c(-c3ccc(C)nc3)nn1-c1ccccc1C)CCC2.